The molecule has 0 fully saturated rings. The van der Waals surface area contributed by atoms with Gasteiger partial charge in [-0.05, 0) is 17.7 Å². The Hall–Kier alpha value is -0.800. The summed E-state index contributed by atoms with van der Waals surface area (Å²) in [5, 5.41) is 0.619. The van der Waals surface area contributed by atoms with Crippen molar-refractivity contribution in [2.45, 2.75) is 12.2 Å². The fourth-order valence-corrected chi connectivity index (χ4v) is 1.40. The third-order valence-electron chi connectivity index (χ3n) is 1.90. The van der Waals surface area contributed by atoms with Crippen LogP contribution in [0.1, 0.15) is 5.56 Å². The summed E-state index contributed by atoms with van der Waals surface area (Å²) >= 11 is 10.7. The van der Waals surface area contributed by atoms with Crippen molar-refractivity contribution in [3.63, 3.8) is 0 Å². The molecule has 2 nitrogen and oxygen atoms in total. The van der Waals surface area contributed by atoms with E-state index in [-0.39, 0.29) is 0 Å². The molecule has 0 heterocycles. The number of amides is 1. The van der Waals surface area contributed by atoms with Gasteiger partial charge in [-0.2, -0.15) is 0 Å². The minimum atomic E-state index is -1.98. The fourth-order valence-electron chi connectivity index (χ4n) is 1.11. The molecule has 0 N–H and O–H groups in total. The van der Waals surface area contributed by atoms with Crippen molar-refractivity contribution in [2.75, 3.05) is 7.05 Å². The van der Waals surface area contributed by atoms with Crippen LogP contribution in [-0.2, 0) is 11.3 Å². The Kier molecular flexibility index (Phi) is 4.36. The van der Waals surface area contributed by atoms with Crippen LogP contribution in [0.5, 0.6) is 0 Å². The van der Waals surface area contributed by atoms with Gasteiger partial charge in [-0.15, -0.1) is 0 Å². The fraction of sp³-hybridized carbons (Fsp3) is 0.300. The third kappa shape index (κ3) is 3.68. The second-order valence-electron chi connectivity index (χ2n) is 3.12. The third-order valence-corrected chi connectivity index (χ3v) is 2.33. The van der Waals surface area contributed by atoms with Crippen molar-refractivity contribution < 1.29 is 9.18 Å². The summed E-state index contributed by atoms with van der Waals surface area (Å²) in [7, 11) is 1.49. The second kappa shape index (κ2) is 5.33. The summed E-state index contributed by atoms with van der Waals surface area (Å²) in [4.78, 5) is 12.3. The number of alkyl halides is 2. The molecule has 0 saturated carbocycles. The largest absolute Gasteiger partial charge is 0.338 e. The lowest BCUT2D eigenvalue weighted by Gasteiger charge is -2.16. The molecule has 0 aliphatic rings. The van der Waals surface area contributed by atoms with E-state index in [0.717, 1.165) is 5.56 Å². The van der Waals surface area contributed by atoms with Gasteiger partial charge in [0.2, 0.25) is 0 Å². The van der Waals surface area contributed by atoms with Gasteiger partial charge in [0.25, 0.3) is 11.5 Å². The van der Waals surface area contributed by atoms with Crippen LogP contribution in [0, 0.1) is 0 Å². The Balaban J connectivity index is 2.62. The lowest BCUT2D eigenvalue weighted by molar-refractivity contribution is -0.132. The van der Waals surface area contributed by atoms with Crippen LogP contribution in [0.4, 0.5) is 4.39 Å². The Morgan fingerprint density at radius 2 is 2.00 bits per heavy atom. The van der Waals surface area contributed by atoms with Crippen molar-refractivity contribution in [3.05, 3.63) is 34.9 Å². The maximum Gasteiger partial charge on any atom is 0.272 e. The maximum atomic E-state index is 12.5. The molecule has 82 valence electrons. The van der Waals surface area contributed by atoms with E-state index in [1.54, 1.807) is 24.3 Å². The first-order valence-electron chi connectivity index (χ1n) is 4.28. The topological polar surface area (TPSA) is 20.3 Å². The zero-order valence-corrected chi connectivity index (χ0v) is 9.60. The van der Waals surface area contributed by atoms with Crippen LogP contribution < -0.4 is 0 Å². The monoisotopic (exact) mass is 249 g/mol. The molecule has 1 rings (SSSR count). The summed E-state index contributed by atoms with van der Waals surface area (Å²) in [6, 6.07) is 6.97. The standard InChI is InChI=1S/C10H10Cl2FNO/c1-14(10(15)9(12)13)6-7-2-4-8(11)5-3-7/h2-5,9H,6H2,1H3. The number of hydrogen-bond donors (Lipinski definition) is 0. The lowest BCUT2D eigenvalue weighted by Crippen LogP contribution is -2.31. The Bertz CT molecular complexity index is 340. The van der Waals surface area contributed by atoms with Gasteiger partial charge in [0.05, 0.1) is 0 Å². The molecule has 0 aliphatic heterocycles. The number of carbonyl (C=O) groups excluding carboxylic acids is 1. The van der Waals surface area contributed by atoms with Crippen molar-refractivity contribution in [3.8, 4) is 0 Å². The molecule has 0 bridgehead atoms. The quantitative estimate of drug-likeness (QED) is 0.755. The summed E-state index contributed by atoms with van der Waals surface area (Å²) in [6.45, 7) is 0.309. The number of rotatable bonds is 3. The first kappa shape index (κ1) is 12.3. The van der Waals surface area contributed by atoms with Gasteiger partial charge in [0, 0.05) is 18.6 Å². The van der Waals surface area contributed by atoms with E-state index in [9.17, 15) is 9.18 Å². The van der Waals surface area contributed by atoms with E-state index in [1.165, 1.54) is 11.9 Å². The number of hydrogen-bond acceptors (Lipinski definition) is 1. The second-order valence-corrected chi connectivity index (χ2v) is 3.94. The van der Waals surface area contributed by atoms with E-state index in [4.69, 9.17) is 23.2 Å². The lowest BCUT2D eigenvalue weighted by atomic mass is 10.2. The van der Waals surface area contributed by atoms with Crippen LogP contribution in [-0.4, -0.2) is 23.5 Å². The highest BCUT2D eigenvalue weighted by Crippen LogP contribution is 2.12. The molecular weight excluding hydrogens is 240 g/mol. The Morgan fingerprint density at radius 3 is 2.47 bits per heavy atom. The maximum absolute atomic E-state index is 12.5. The number of carbonyl (C=O) groups is 1. The van der Waals surface area contributed by atoms with Crippen molar-refractivity contribution in [1.29, 1.82) is 0 Å². The molecule has 5 heteroatoms. The molecule has 1 aromatic rings. The molecule has 1 aromatic carbocycles. The van der Waals surface area contributed by atoms with E-state index >= 15 is 0 Å². The predicted octanol–water partition coefficient (Wildman–Crippen LogP) is 2.83. The van der Waals surface area contributed by atoms with Crippen molar-refractivity contribution in [1.82, 2.24) is 4.90 Å². The van der Waals surface area contributed by atoms with Crippen molar-refractivity contribution >= 4 is 29.1 Å². The van der Waals surface area contributed by atoms with E-state index in [2.05, 4.69) is 0 Å². The van der Waals surface area contributed by atoms with Crippen LogP contribution in [0.3, 0.4) is 0 Å². The smallest absolute Gasteiger partial charge is 0.272 e. The van der Waals surface area contributed by atoms with Gasteiger partial charge >= 0.3 is 0 Å². The first-order valence-corrected chi connectivity index (χ1v) is 5.09. The zero-order valence-electron chi connectivity index (χ0n) is 8.08. The number of nitrogens with zero attached hydrogens (tertiary/aromatic N) is 1. The Labute approximate surface area is 97.6 Å². The molecular formula is C10H10Cl2FNO. The summed E-state index contributed by atoms with van der Waals surface area (Å²) < 4.78 is 12.5. The van der Waals surface area contributed by atoms with Gasteiger partial charge in [0.1, 0.15) is 0 Å². The van der Waals surface area contributed by atoms with Gasteiger partial charge in [0.15, 0.2) is 0 Å². The normalized spacial score (nSPS) is 12.3. The summed E-state index contributed by atoms with van der Waals surface area (Å²) in [5.41, 5.74) is -1.12. The van der Waals surface area contributed by atoms with Crippen molar-refractivity contribution in [2.24, 2.45) is 0 Å². The van der Waals surface area contributed by atoms with E-state index in [0.29, 0.717) is 11.6 Å². The van der Waals surface area contributed by atoms with Crippen LogP contribution in [0.2, 0.25) is 5.02 Å². The highest BCUT2D eigenvalue weighted by Gasteiger charge is 2.18. The molecule has 0 saturated heterocycles. The highest BCUT2D eigenvalue weighted by molar-refractivity contribution is 6.30. The van der Waals surface area contributed by atoms with E-state index in [1.807, 2.05) is 0 Å². The average Bonchev–Trinajstić information content (AvgIpc) is 2.20. The summed E-state index contributed by atoms with van der Waals surface area (Å²) in [5.74, 6) is -0.744. The highest BCUT2D eigenvalue weighted by atomic mass is 35.5. The molecule has 1 unspecified atom stereocenters. The first-order chi connectivity index (χ1) is 7.00. The summed E-state index contributed by atoms with van der Waals surface area (Å²) in [6.07, 6.45) is 0. The molecule has 0 aromatic heterocycles. The predicted molar refractivity (Wildman–Crippen MR) is 58.7 cm³/mol. The van der Waals surface area contributed by atoms with Gasteiger partial charge in [-0.3, -0.25) is 4.79 Å². The molecule has 1 atom stereocenters. The minimum absolute atomic E-state index is 0.309. The van der Waals surface area contributed by atoms with Gasteiger partial charge in [-0.1, -0.05) is 35.3 Å². The van der Waals surface area contributed by atoms with E-state index < -0.39 is 11.5 Å². The van der Waals surface area contributed by atoms with Gasteiger partial charge < -0.3 is 4.90 Å². The van der Waals surface area contributed by atoms with Crippen LogP contribution >= 0.6 is 23.2 Å². The Morgan fingerprint density at radius 1 is 1.47 bits per heavy atom. The molecule has 0 aliphatic carbocycles. The minimum Gasteiger partial charge on any atom is -0.338 e. The van der Waals surface area contributed by atoms with Gasteiger partial charge in [-0.25, -0.2) is 4.39 Å². The molecule has 0 radical (unpaired) electrons. The molecule has 0 spiro atoms. The zero-order chi connectivity index (χ0) is 11.4. The SMILES string of the molecule is CN(Cc1ccc(Cl)cc1)C(=O)C(F)Cl. The number of benzene rings is 1. The molecule has 15 heavy (non-hydrogen) atoms. The average molecular weight is 250 g/mol. The number of halogens is 3. The molecule has 1 amide bonds. The van der Waals surface area contributed by atoms with Crippen LogP contribution in [0.25, 0.3) is 0 Å². The van der Waals surface area contributed by atoms with Crippen LogP contribution in [0.15, 0.2) is 24.3 Å².